The highest BCUT2D eigenvalue weighted by atomic mass is 15.2. The zero-order valence-electron chi connectivity index (χ0n) is 11.7. The fourth-order valence-corrected chi connectivity index (χ4v) is 2.76. The van der Waals surface area contributed by atoms with E-state index >= 15 is 0 Å². The van der Waals surface area contributed by atoms with E-state index in [0.29, 0.717) is 0 Å². The van der Waals surface area contributed by atoms with Crippen molar-refractivity contribution in [2.45, 2.75) is 6.42 Å². The molecule has 0 unspecified atom stereocenters. The van der Waals surface area contributed by atoms with Crippen LogP contribution in [0.15, 0.2) is 54.6 Å². The Morgan fingerprint density at radius 2 is 1.20 bits per heavy atom. The molecule has 2 aromatic rings. The summed E-state index contributed by atoms with van der Waals surface area (Å²) < 4.78 is 0. The highest BCUT2D eigenvalue weighted by Gasteiger charge is 2.15. The molecule has 20 heavy (non-hydrogen) atoms. The Morgan fingerprint density at radius 3 is 1.80 bits per heavy atom. The van der Waals surface area contributed by atoms with Crippen LogP contribution in [0, 0.1) is 0 Å². The van der Waals surface area contributed by atoms with Gasteiger partial charge >= 0.3 is 0 Å². The second-order valence-electron chi connectivity index (χ2n) is 5.25. The number of rotatable bonds is 2. The predicted molar refractivity (Wildman–Crippen MR) is 86.3 cm³/mol. The normalized spacial score (nSPS) is 16.0. The topological polar surface area (TPSA) is 32.5 Å². The highest BCUT2D eigenvalue weighted by molar-refractivity contribution is 5.54. The van der Waals surface area contributed by atoms with Gasteiger partial charge in [0.25, 0.3) is 0 Å². The van der Waals surface area contributed by atoms with Crippen LogP contribution in [-0.4, -0.2) is 26.2 Å². The minimum Gasteiger partial charge on any atom is -0.399 e. The Morgan fingerprint density at radius 1 is 0.650 bits per heavy atom. The third-order valence-electron chi connectivity index (χ3n) is 3.88. The maximum Gasteiger partial charge on any atom is 0.0368 e. The van der Waals surface area contributed by atoms with E-state index in [2.05, 4.69) is 52.3 Å². The van der Waals surface area contributed by atoms with Gasteiger partial charge in [0, 0.05) is 43.2 Å². The van der Waals surface area contributed by atoms with Gasteiger partial charge in [0.2, 0.25) is 0 Å². The van der Waals surface area contributed by atoms with E-state index in [9.17, 15) is 0 Å². The van der Waals surface area contributed by atoms with E-state index in [1.807, 2.05) is 12.1 Å². The summed E-state index contributed by atoms with van der Waals surface area (Å²) in [7, 11) is 0. The lowest BCUT2D eigenvalue weighted by molar-refractivity contribution is 0.806. The minimum atomic E-state index is 0.828. The summed E-state index contributed by atoms with van der Waals surface area (Å²) in [5, 5.41) is 0. The van der Waals surface area contributed by atoms with E-state index in [1.165, 1.54) is 17.8 Å². The molecule has 0 aliphatic carbocycles. The molecule has 1 heterocycles. The third-order valence-corrected chi connectivity index (χ3v) is 3.88. The van der Waals surface area contributed by atoms with Gasteiger partial charge in [-0.1, -0.05) is 18.2 Å². The first-order valence-corrected chi connectivity index (χ1v) is 7.23. The van der Waals surface area contributed by atoms with Gasteiger partial charge in [-0.25, -0.2) is 0 Å². The maximum atomic E-state index is 5.76. The molecule has 3 rings (SSSR count). The monoisotopic (exact) mass is 267 g/mol. The SMILES string of the molecule is Nc1ccc(N2CCCN(c3ccccc3)CC2)cc1. The van der Waals surface area contributed by atoms with Crippen molar-refractivity contribution in [2.24, 2.45) is 0 Å². The van der Waals surface area contributed by atoms with Gasteiger partial charge in [-0.3, -0.25) is 0 Å². The molecule has 0 radical (unpaired) electrons. The van der Waals surface area contributed by atoms with Crippen molar-refractivity contribution in [1.82, 2.24) is 0 Å². The van der Waals surface area contributed by atoms with Crippen molar-refractivity contribution in [3.63, 3.8) is 0 Å². The first-order valence-electron chi connectivity index (χ1n) is 7.23. The Hall–Kier alpha value is -2.16. The van der Waals surface area contributed by atoms with Gasteiger partial charge in [0.05, 0.1) is 0 Å². The third kappa shape index (κ3) is 2.87. The molecular weight excluding hydrogens is 246 g/mol. The molecule has 2 N–H and O–H groups in total. The van der Waals surface area contributed by atoms with Gasteiger partial charge in [-0.05, 0) is 42.8 Å². The zero-order chi connectivity index (χ0) is 13.8. The van der Waals surface area contributed by atoms with Crippen LogP contribution in [0.1, 0.15) is 6.42 Å². The lowest BCUT2D eigenvalue weighted by Gasteiger charge is -2.24. The fraction of sp³-hybridized carbons (Fsp3) is 0.294. The van der Waals surface area contributed by atoms with Crippen molar-refractivity contribution in [3.05, 3.63) is 54.6 Å². The van der Waals surface area contributed by atoms with E-state index in [4.69, 9.17) is 5.73 Å². The van der Waals surface area contributed by atoms with E-state index in [0.717, 1.165) is 31.9 Å². The number of anilines is 3. The lowest BCUT2D eigenvalue weighted by Crippen LogP contribution is -2.30. The van der Waals surface area contributed by atoms with E-state index in [1.54, 1.807) is 0 Å². The van der Waals surface area contributed by atoms with Crippen LogP contribution >= 0.6 is 0 Å². The van der Waals surface area contributed by atoms with Gasteiger partial charge in [0.15, 0.2) is 0 Å². The van der Waals surface area contributed by atoms with Gasteiger partial charge < -0.3 is 15.5 Å². The molecule has 0 spiro atoms. The molecule has 1 aliphatic heterocycles. The molecule has 0 atom stereocenters. The van der Waals surface area contributed by atoms with Crippen LogP contribution in [0.4, 0.5) is 17.1 Å². The Balaban J connectivity index is 1.69. The maximum absolute atomic E-state index is 5.76. The zero-order valence-corrected chi connectivity index (χ0v) is 11.7. The van der Waals surface area contributed by atoms with Crippen molar-refractivity contribution >= 4 is 17.1 Å². The molecule has 2 aromatic carbocycles. The largest absolute Gasteiger partial charge is 0.399 e. The summed E-state index contributed by atoms with van der Waals surface area (Å²) in [5.74, 6) is 0. The molecule has 0 bridgehead atoms. The number of nitrogens with two attached hydrogens (primary N) is 1. The van der Waals surface area contributed by atoms with Crippen LogP contribution < -0.4 is 15.5 Å². The predicted octanol–water partition coefficient (Wildman–Crippen LogP) is 2.99. The second kappa shape index (κ2) is 5.87. The summed E-state index contributed by atoms with van der Waals surface area (Å²) in [5.41, 5.74) is 9.18. The number of hydrogen-bond acceptors (Lipinski definition) is 3. The summed E-state index contributed by atoms with van der Waals surface area (Å²) in [4.78, 5) is 4.92. The Kier molecular flexibility index (Phi) is 3.77. The van der Waals surface area contributed by atoms with Crippen LogP contribution in [-0.2, 0) is 0 Å². The smallest absolute Gasteiger partial charge is 0.0368 e. The first kappa shape index (κ1) is 12.9. The second-order valence-corrected chi connectivity index (χ2v) is 5.25. The number of nitrogens with zero attached hydrogens (tertiary/aromatic N) is 2. The van der Waals surface area contributed by atoms with Crippen LogP contribution in [0.5, 0.6) is 0 Å². The lowest BCUT2D eigenvalue weighted by atomic mass is 10.2. The Labute approximate surface area is 120 Å². The van der Waals surface area contributed by atoms with Gasteiger partial charge in [-0.15, -0.1) is 0 Å². The molecule has 104 valence electrons. The molecule has 1 fully saturated rings. The first-order chi connectivity index (χ1) is 9.83. The summed E-state index contributed by atoms with van der Waals surface area (Å²) in [6.07, 6.45) is 1.18. The van der Waals surface area contributed by atoms with Crippen molar-refractivity contribution < 1.29 is 0 Å². The summed E-state index contributed by atoms with van der Waals surface area (Å²) in [6, 6.07) is 18.9. The summed E-state index contributed by atoms with van der Waals surface area (Å²) in [6.45, 7) is 4.34. The van der Waals surface area contributed by atoms with Crippen LogP contribution in [0.2, 0.25) is 0 Å². The van der Waals surface area contributed by atoms with Gasteiger partial charge in [0.1, 0.15) is 0 Å². The molecule has 0 saturated carbocycles. The van der Waals surface area contributed by atoms with Crippen molar-refractivity contribution in [3.8, 4) is 0 Å². The van der Waals surface area contributed by atoms with Crippen molar-refractivity contribution in [1.29, 1.82) is 0 Å². The average molecular weight is 267 g/mol. The number of nitrogen functional groups attached to an aromatic ring is 1. The standard InChI is InChI=1S/C17H21N3/c18-15-7-9-17(10-8-15)20-12-4-11-19(13-14-20)16-5-2-1-3-6-16/h1-3,5-10H,4,11-14,18H2. The quantitative estimate of drug-likeness (QED) is 0.849. The fourth-order valence-electron chi connectivity index (χ4n) is 2.76. The molecule has 1 aliphatic rings. The van der Waals surface area contributed by atoms with Crippen molar-refractivity contribution in [2.75, 3.05) is 41.7 Å². The number of hydrogen-bond donors (Lipinski definition) is 1. The van der Waals surface area contributed by atoms with Gasteiger partial charge in [-0.2, -0.15) is 0 Å². The molecule has 0 amide bonds. The molecule has 3 nitrogen and oxygen atoms in total. The number of benzene rings is 2. The van der Waals surface area contributed by atoms with E-state index < -0.39 is 0 Å². The van der Waals surface area contributed by atoms with Crippen LogP contribution in [0.25, 0.3) is 0 Å². The highest BCUT2D eigenvalue weighted by Crippen LogP contribution is 2.20. The van der Waals surface area contributed by atoms with Crippen LogP contribution in [0.3, 0.4) is 0 Å². The minimum absolute atomic E-state index is 0.828. The van der Waals surface area contributed by atoms with E-state index in [-0.39, 0.29) is 0 Å². The molecule has 3 heteroatoms. The average Bonchev–Trinajstić information content (AvgIpc) is 2.75. The molecule has 1 saturated heterocycles. The Bertz CT molecular complexity index is 536. The summed E-state index contributed by atoms with van der Waals surface area (Å²) >= 11 is 0. The molecular formula is C17H21N3. The molecule has 0 aromatic heterocycles. The number of para-hydroxylation sites is 1.